The van der Waals surface area contributed by atoms with Crippen molar-refractivity contribution in [2.45, 2.75) is 20.3 Å². The van der Waals surface area contributed by atoms with E-state index in [1.165, 1.54) is 12.1 Å². The SMILES string of the molecule is C[C@@H]1C[C@@H](C)CN(C(=O)COC(=O)c2cccc(N3C(=O)c4ccccc4C3=O)c2)C1. The van der Waals surface area contributed by atoms with E-state index in [0.29, 0.717) is 36.1 Å². The quantitative estimate of drug-likeness (QED) is 0.560. The van der Waals surface area contributed by atoms with Gasteiger partial charge in [0.2, 0.25) is 0 Å². The van der Waals surface area contributed by atoms with Gasteiger partial charge in [-0.15, -0.1) is 0 Å². The first-order valence-electron chi connectivity index (χ1n) is 10.4. The number of likely N-dealkylation sites (tertiary alicyclic amines) is 1. The van der Waals surface area contributed by atoms with E-state index in [2.05, 4.69) is 13.8 Å². The van der Waals surface area contributed by atoms with Gasteiger partial charge in [-0.25, -0.2) is 9.69 Å². The van der Waals surface area contributed by atoms with Gasteiger partial charge in [0.05, 0.1) is 22.4 Å². The van der Waals surface area contributed by atoms with E-state index in [1.54, 1.807) is 41.3 Å². The van der Waals surface area contributed by atoms with Crippen LogP contribution in [0.4, 0.5) is 5.69 Å². The highest BCUT2D eigenvalue weighted by Crippen LogP contribution is 2.29. The molecule has 2 aromatic rings. The van der Waals surface area contributed by atoms with Crippen molar-refractivity contribution in [3.05, 3.63) is 65.2 Å². The lowest BCUT2D eigenvalue weighted by molar-refractivity contribution is -0.137. The third kappa shape index (κ3) is 4.08. The number of esters is 1. The predicted molar refractivity (Wildman–Crippen MR) is 114 cm³/mol. The lowest BCUT2D eigenvalue weighted by atomic mass is 9.92. The summed E-state index contributed by atoms with van der Waals surface area (Å²) in [5.41, 5.74) is 1.11. The van der Waals surface area contributed by atoms with E-state index in [9.17, 15) is 19.2 Å². The Morgan fingerprint density at radius 2 is 1.55 bits per heavy atom. The number of piperidine rings is 1. The highest BCUT2D eigenvalue weighted by atomic mass is 16.5. The maximum atomic E-state index is 12.7. The van der Waals surface area contributed by atoms with Crippen LogP contribution in [0, 0.1) is 11.8 Å². The van der Waals surface area contributed by atoms with Crippen molar-refractivity contribution >= 4 is 29.4 Å². The highest BCUT2D eigenvalue weighted by Gasteiger charge is 2.36. The Morgan fingerprint density at radius 3 is 2.16 bits per heavy atom. The van der Waals surface area contributed by atoms with E-state index in [0.717, 1.165) is 11.3 Å². The molecule has 4 rings (SSSR count). The van der Waals surface area contributed by atoms with Gasteiger partial charge in [-0.3, -0.25) is 14.4 Å². The van der Waals surface area contributed by atoms with E-state index in [1.807, 2.05) is 0 Å². The van der Waals surface area contributed by atoms with Gasteiger partial charge in [-0.05, 0) is 48.6 Å². The molecule has 0 unspecified atom stereocenters. The van der Waals surface area contributed by atoms with Gasteiger partial charge in [-0.1, -0.05) is 32.0 Å². The second-order valence-corrected chi connectivity index (χ2v) is 8.36. The average molecular weight is 420 g/mol. The van der Waals surface area contributed by atoms with E-state index >= 15 is 0 Å². The Balaban J connectivity index is 1.44. The number of anilines is 1. The smallest absolute Gasteiger partial charge is 0.338 e. The molecule has 7 nitrogen and oxygen atoms in total. The molecular formula is C24H24N2O5. The number of nitrogens with zero attached hydrogens (tertiary/aromatic N) is 2. The van der Waals surface area contributed by atoms with Crippen molar-refractivity contribution in [1.29, 1.82) is 0 Å². The van der Waals surface area contributed by atoms with Crippen LogP contribution in [0.5, 0.6) is 0 Å². The molecule has 0 aromatic heterocycles. The molecule has 1 fully saturated rings. The van der Waals surface area contributed by atoms with Crippen LogP contribution in [-0.4, -0.2) is 48.3 Å². The average Bonchev–Trinajstić information content (AvgIpc) is 3.01. The lowest BCUT2D eigenvalue weighted by Gasteiger charge is -2.34. The molecular weight excluding hydrogens is 396 g/mol. The van der Waals surface area contributed by atoms with Crippen LogP contribution < -0.4 is 4.90 Å². The Morgan fingerprint density at radius 1 is 0.935 bits per heavy atom. The minimum Gasteiger partial charge on any atom is -0.452 e. The lowest BCUT2D eigenvalue weighted by Crippen LogP contribution is -2.44. The standard InChI is InChI=1S/C24H24N2O5/c1-15-10-16(2)13-25(12-15)21(27)14-31-24(30)17-6-5-7-18(11-17)26-22(28)19-8-3-4-9-20(19)23(26)29/h3-9,11,15-16H,10,12-14H2,1-2H3/t15-,16-/m1/s1. The van der Waals surface area contributed by atoms with Crippen LogP contribution in [0.3, 0.4) is 0 Å². The number of ether oxygens (including phenoxy) is 1. The third-order valence-electron chi connectivity index (χ3n) is 5.68. The predicted octanol–water partition coefficient (Wildman–Crippen LogP) is 3.15. The van der Waals surface area contributed by atoms with Crippen LogP contribution in [0.2, 0.25) is 0 Å². The van der Waals surface area contributed by atoms with Crippen LogP contribution in [0.25, 0.3) is 0 Å². The summed E-state index contributed by atoms with van der Waals surface area (Å²) in [6, 6.07) is 12.7. The Bertz CT molecular complexity index is 1020. The van der Waals surface area contributed by atoms with Crippen molar-refractivity contribution in [3.63, 3.8) is 0 Å². The first-order valence-corrected chi connectivity index (χ1v) is 10.4. The molecule has 0 radical (unpaired) electrons. The number of hydrogen-bond acceptors (Lipinski definition) is 5. The number of rotatable bonds is 4. The molecule has 160 valence electrons. The first-order chi connectivity index (χ1) is 14.8. The van der Waals surface area contributed by atoms with Gasteiger partial charge < -0.3 is 9.64 Å². The first kappa shape index (κ1) is 20.8. The van der Waals surface area contributed by atoms with E-state index in [-0.39, 0.29) is 23.8 Å². The highest BCUT2D eigenvalue weighted by molar-refractivity contribution is 6.34. The second kappa shape index (κ2) is 8.34. The Kier molecular flexibility index (Phi) is 5.59. The third-order valence-corrected chi connectivity index (χ3v) is 5.68. The zero-order valence-corrected chi connectivity index (χ0v) is 17.5. The van der Waals surface area contributed by atoms with Crippen LogP contribution in [0.1, 0.15) is 51.3 Å². The minimum atomic E-state index is -0.676. The maximum absolute atomic E-state index is 12.7. The summed E-state index contributed by atoms with van der Waals surface area (Å²) in [6.07, 6.45) is 1.08. The van der Waals surface area contributed by atoms with Crippen molar-refractivity contribution in [2.24, 2.45) is 11.8 Å². The fourth-order valence-corrected chi connectivity index (χ4v) is 4.36. The molecule has 0 saturated carbocycles. The topological polar surface area (TPSA) is 84.0 Å². The van der Waals surface area contributed by atoms with Gasteiger partial charge in [0.15, 0.2) is 6.61 Å². The molecule has 2 aliphatic rings. The van der Waals surface area contributed by atoms with Crippen molar-refractivity contribution < 1.29 is 23.9 Å². The maximum Gasteiger partial charge on any atom is 0.338 e. The number of carbonyl (C=O) groups is 4. The molecule has 2 aliphatic heterocycles. The van der Waals surface area contributed by atoms with Gasteiger partial charge in [0.1, 0.15) is 0 Å². The van der Waals surface area contributed by atoms with Crippen LogP contribution >= 0.6 is 0 Å². The molecule has 3 amide bonds. The molecule has 1 saturated heterocycles. The fraction of sp³-hybridized carbons (Fsp3) is 0.333. The number of imide groups is 1. The molecule has 0 aliphatic carbocycles. The molecule has 0 N–H and O–H groups in total. The van der Waals surface area contributed by atoms with E-state index in [4.69, 9.17) is 4.74 Å². The normalized spacial score (nSPS) is 20.6. The Hall–Kier alpha value is -3.48. The number of benzene rings is 2. The Labute approximate surface area is 180 Å². The second-order valence-electron chi connectivity index (χ2n) is 8.36. The number of hydrogen-bond donors (Lipinski definition) is 0. The molecule has 2 heterocycles. The zero-order chi connectivity index (χ0) is 22.1. The number of carbonyl (C=O) groups excluding carboxylic acids is 4. The van der Waals surface area contributed by atoms with Crippen molar-refractivity contribution in [3.8, 4) is 0 Å². The summed E-state index contributed by atoms with van der Waals surface area (Å²) in [5, 5.41) is 0. The zero-order valence-electron chi connectivity index (χ0n) is 17.5. The molecule has 2 atom stereocenters. The molecule has 31 heavy (non-hydrogen) atoms. The van der Waals surface area contributed by atoms with Gasteiger partial charge in [0.25, 0.3) is 17.7 Å². The van der Waals surface area contributed by atoms with Gasteiger partial charge >= 0.3 is 5.97 Å². The summed E-state index contributed by atoms with van der Waals surface area (Å²) in [6.45, 7) is 5.20. The van der Waals surface area contributed by atoms with Crippen molar-refractivity contribution in [1.82, 2.24) is 4.90 Å². The largest absolute Gasteiger partial charge is 0.452 e. The summed E-state index contributed by atoms with van der Waals surface area (Å²) >= 11 is 0. The minimum absolute atomic E-state index is 0.169. The summed E-state index contributed by atoms with van der Waals surface area (Å²) in [7, 11) is 0. The summed E-state index contributed by atoms with van der Waals surface area (Å²) < 4.78 is 5.23. The van der Waals surface area contributed by atoms with Crippen LogP contribution in [0.15, 0.2) is 48.5 Å². The summed E-state index contributed by atoms with van der Waals surface area (Å²) in [5.74, 6) is -0.933. The summed E-state index contributed by atoms with van der Waals surface area (Å²) in [4.78, 5) is 53.1. The number of fused-ring (bicyclic) bond motifs is 1. The molecule has 0 bridgehead atoms. The van der Waals surface area contributed by atoms with Crippen LogP contribution in [-0.2, 0) is 9.53 Å². The molecule has 0 spiro atoms. The van der Waals surface area contributed by atoms with Gasteiger partial charge in [0, 0.05) is 13.1 Å². The molecule has 2 aromatic carbocycles. The molecule has 7 heteroatoms. The van der Waals surface area contributed by atoms with E-state index < -0.39 is 17.8 Å². The van der Waals surface area contributed by atoms with Gasteiger partial charge in [-0.2, -0.15) is 0 Å². The number of amides is 3. The monoisotopic (exact) mass is 420 g/mol. The van der Waals surface area contributed by atoms with Crippen molar-refractivity contribution in [2.75, 3.05) is 24.6 Å². The fourth-order valence-electron chi connectivity index (χ4n) is 4.36.